The number of piperazine rings is 1. The monoisotopic (exact) mass is 415 g/mol. The molecule has 0 saturated carbocycles. The fraction of sp³-hybridized carbons (Fsp3) is 0.300. The van der Waals surface area contributed by atoms with Crippen LogP contribution in [0.2, 0.25) is 0 Å². The maximum atomic E-state index is 12.5. The number of pyridine rings is 1. The number of hydrogen-bond donors (Lipinski definition) is 0. The highest BCUT2D eigenvalue weighted by atomic mass is 79.9. The third kappa shape index (κ3) is 4.93. The van der Waals surface area contributed by atoms with Crippen molar-refractivity contribution in [1.82, 2.24) is 14.8 Å². The third-order valence-electron chi connectivity index (χ3n) is 4.44. The van der Waals surface area contributed by atoms with Gasteiger partial charge in [0.15, 0.2) is 0 Å². The van der Waals surface area contributed by atoms with Crippen LogP contribution in [0.25, 0.3) is 6.08 Å². The van der Waals surface area contributed by atoms with E-state index >= 15 is 0 Å². The van der Waals surface area contributed by atoms with Crippen LogP contribution in [0.15, 0.2) is 53.3 Å². The molecule has 3 rings (SSSR count). The number of carbonyl (C=O) groups excluding carboxylic acids is 1. The van der Waals surface area contributed by atoms with Crippen LogP contribution in [-0.4, -0.2) is 54.0 Å². The first kappa shape index (κ1) is 18.6. The number of rotatable bonds is 5. The number of hydrogen-bond acceptors (Lipinski definition) is 4. The Morgan fingerprint density at radius 1 is 1.19 bits per heavy atom. The van der Waals surface area contributed by atoms with E-state index in [1.807, 2.05) is 53.7 Å². The van der Waals surface area contributed by atoms with Crippen LogP contribution < -0.4 is 4.74 Å². The van der Waals surface area contributed by atoms with Crippen molar-refractivity contribution in [2.45, 2.75) is 6.54 Å². The van der Waals surface area contributed by atoms with E-state index in [1.165, 1.54) is 5.56 Å². The maximum Gasteiger partial charge on any atom is 0.246 e. The summed E-state index contributed by atoms with van der Waals surface area (Å²) in [4.78, 5) is 20.8. The van der Waals surface area contributed by atoms with Crippen LogP contribution in [0, 0.1) is 0 Å². The molecule has 2 aromatic rings. The Kier molecular flexibility index (Phi) is 6.41. The fourth-order valence-corrected chi connectivity index (χ4v) is 3.35. The molecule has 5 nitrogen and oxygen atoms in total. The van der Waals surface area contributed by atoms with Gasteiger partial charge in [0.25, 0.3) is 0 Å². The SMILES string of the molecule is COc1ccc(Br)cc1/C=C/C(=O)N1CCN(Cc2ccncc2)CC1. The Bertz CT molecular complexity index is 772. The van der Waals surface area contributed by atoms with Crippen LogP contribution in [-0.2, 0) is 11.3 Å². The van der Waals surface area contributed by atoms with Gasteiger partial charge in [-0.1, -0.05) is 15.9 Å². The van der Waals surface area contributed by atoms with Gasteiger partial charge in [-0.25, -0.2) is 0 Å². The van der Waals surface area contributed by atoms with Gasteiger partial charge < -0.3 is 9.64 Å². The highest BCUT2D eigenvalue weighted by molar-refractivity contribution is 9.10. The van der Waals surface area contributed by atoms with Crippen LogP contribution in [0.4, 0.5) is 0 Å². The zero-order valence-corrected chi connectivity index (χ0v) is 16.4. The van der Waals surface area contributed by atoms with E-state index in [4.69, 9.17) is 4.74 Å². The molecule has 26 heavy (non-hydrogen) atoms. The number of ether oxygens (including phenoxy) is 1. The number of benzene rings is 1. The third-order valence-corrected chi connectivity index (χ3v) is 4.93. The largest absolute Gasteiger partial charge is 0.496 e. The minimum absolute atomic E-state index is 0.0376. The summed E-state index contributed by atoms with van der Waals surface area (Å²) in [6, 6.07) is 9.80. The molecule has 0 unspecified atom stereocenters. The Morgan fingerprint density at radius 2 is 1.92 bits per heavy atom. The first-order valence-corrected chi connectivity index (χ1v) is 9.37. The molecule has 0 aliphatic carbocycles. The molecule has 136 valence electrons. The molecule has 1 aliphatic heterocycles. The normalized spacial score (nSPS) is 15.4. The van der Waals surface area contributed by atoms with E-state index in [9.17, 15) is 4.79 Å². The summed E-state index contributed by atoms with van der Waals surface area (Å²) >= 11 is 3.45. The van der Waals surface area contributed by atoms with Crippen molar-refractivity contribution in [2.24, 2.45) is 0 Å². The van der Waals surface area contributed by atoms with Crippen molar-refractivity contribution in [3.05, 3.63) is 64.4 Å². The highest BCUT2D eigenvalue weighted by Gasteiger charge is 2.19. The lowest BCUT2D eigenvalue weighted by molar-refractivity contribution is -0.127. The van der Waals surface area contributed by atoms with Gasteiger partial charge in [0.2, 0.25) is 5.91 Å². The number of carbonyl (C=O) groups is 1. The molecule has 6 heteroatoms. The minimum Gasteiger partial charge on any atom is -0.496 e. The zero-order chi connectivity index (χ0) is 18.4. The number of methoxy groups -OCH3 is 1. The topological polar surface area (TPSA) is 45.7 Å². The second-order valence-electron chi connectivity index (χ2n) is 6.18. The molecular weight excluding hydrogens is 394 g/mol. The summed E-state index contributed by atoms with van der Waals surface area (Å²) in [5.74, 6) is 0.787. The second kappa shape index (κ2) is 8.96. The predicted octanol–water partition coefficient (Wildman–Crippen LogP) is 3.21. The number of nitrogens with zero attached hydrogens (tertiary/aromatic N) is 3. The van der Waals surface area contributed by atoms with Gasteiger partial charge in [-0.2, -0.15) is 0 Å². The summed E-state index contributed by atoms with van der Waals surface area (Å²) in [5, 5.41) is 0. The molecule has 2 heterocycles. The van der Waals surface area contributed by atoms with E-state index < -0.39 is 0 Å². The molecule has 1 aromatic carbocycles. The molecule has 0 bridgehead atoms. The lowest BCUT2D eigenvalue weighted by atomic mass is 10.2. The van der Waals surface area contributed by atoms with Gasteiger partial charge in [-0.15, -0.1) is 0 Å². The predicted molar refractivity (Wildman–Crippen MR) is 106 cm³/mol. The van der Waals surface area contributed by atoms with Crippen molar-refractivity contribution in [3.8, 4) is 5.75 Å². The lowest BCUT2D eigenvalue weighted by Crippen LogP contribution is -2.47. The Balaban J connectivity index is 1.54. The molecule has 1 amide bonds. The average molecular weight is 416 g/mol. The number of halogens is 1. The van der Waals surface area contributed by atoms with Gasteiger partial charge >= 0.3 is 0 Å². The van der Waals surface area contributed by atoms with E-state index in [-0.39, 0.29) is 5.91 Å². The highest BCUT2D eigenvalue weighted by Crippen LogP contribution is 2.24. The van der Waals surface area contributed by atoms with Crippen LogP contribution >= 0.6 is 15.9 Å². The molecule has 0 atom stereocenters. The van der Waals surface area contributed by atoms with Crippen LogP contribution in [0.5, 0.6) is 5.75 Å². The summed E-state index contributed by atoms with van der Waals surface area (Å²) in [7, 11) is 1.63. The van der Waals surface area contributed by atoms with Gasteiger partial charge in [0.1, 0.15) is 5.75 Å². The molecule has 0 spiro atoms. The Hall–Kier alpha value is -2.18. The Morgan fingerprint density at radius 3 is 2.62 bits per heavy atom. The van der Waals surface area contributed by atoms with Gasteiger partial charge in [0, 0.05) is 61.2 Å². The van der Waals surface area contributed by atoms with E-state index in [1.54, 1.807) is 13.2 Å². The van der Waals surface area contributed by atoms with Gasteiger partial charge in [-0.05, 0) is 42.0 Å². The molecule has 1 aliphatic rings. The van der Waals surface area contributed by atoms with Crippen LogP contribution in [0.1, 0.15) is 11.1 Å². The van der Waals surface area contributed by atoms with E-state index in [2.05, 4.69) is 25.8 Å². The summed E-state index contributed by atoms with van der Waals surface area (Å²) in [5.41, 5.74) is 2.13. The van der Waals surface area contributed by atoms with Crippen LogP contribution in [0.3, 0.4) is 0 Å². The van der Waals surface area contributed by atoms with Crippen molar-refractivity contribution in [3.63, 3.8) is 0 Å². The smallest absolute Gasteiger partial charge is 0.246 e. The lowest BCUT2D eigenvalue weighted by Gasteiger charge is -2.34. The first-order valence-electron chi connectivity index (χ1n) is 8.57. The maximum absolute atomic E-state index is 12.5. The molecule has 1 aromatic heterocycles. The number of aromatic nitrogens is 1. The molecule has 1 fully saturated rings. The first-order chi connectivity index (χ1) is 12.7. The molecule has 0 N–H and O–H groups in total. The standard InChI is InChI=1S/C20H22BrN3O2/c1-26-19-4-3-18(21)14-17(19)2-5-20(25)24-12-10-23(11-13-24)15-16-6-8-22-9-7-16/h2-9,14H,10-13,15H2,1H3/b5-2+. The molecule has 0 radical (unpaired) electrons. The summed E-state index contributed by atoms with van der Waals surface area (Å²) in [6.07, 6.45) is 7.07. The quantitative estimate of drug-likeness (QED) is 0.703. The Labute approximate surface area is 162 Å². The van der Waals surface area contributed by atoms with E-state index in [0.29, 0.717) is 0 Å². The van der Waals surface area contributed by atoms with Gasteiger partial charge in [-0.3, -0.25) is 14.7 Å². The molecule has 1 saturated heterocycles. The van der Waals surface area contributed by atoms with E-state index in [0.717, 1.165) is 48.5 Å². The fourth-order valence-electron chi connectivity index (χ4n) is 2.97. The summed E-state index contributed by atoms with van der Waals surface area (Å²) < 4.78 is 6.29. The zero-order valence-electron chi connectivity index (χ0n) is 14.8. The molecular formula is C20H22BrN3O2. The minimum atomic E-state index is 0.0376. The average Bonchev–Trinajstić information content (AvgIpc) is 2.67. The van der Waals surface area contributed by atoms with Gasteiger partial charge in [0.05, 0.1) is 7.11 Å². The number of amides is 1. The second-order valence-corrected chi connectivity index (χ2v) is 7.09. The van der Waals surface area contributed by atoms with Crippen molar-refractivity contribution >= 4 is 27.9 Å². The van der Waals surface area contributed by atoms with Crippen molar-refractivity contribution in [2.75, 3.05) is 33.3 Å². The summed E-state index contributed by atoms with van der Waals surface area (Å²) in [6.45, 7) is 4.13. The van der Waals surface area contributed by atoms with Crippen molar-refractivity contribution in [1.29, 1.82) is 0 Å². The van der Waals surface area contributed by atoms with Crippen molar-refractivity contribution < 1.29 is 9.53 Å².